The summed E-state index contributed by atoms with van der Waals surface area (Å²) in [6, 6.07) is 4.61. The Morgan fingerprint density at radius 1 is 1.17 bits per heavy atom. The van der Waals surface area contributed by atoms with Crippen molar-refractivity contribution in [1.82, 2.24) is 20.1 Å². The van der Waals surface area contributed by atoms with E-state index in [1.54, 1.807) is 18.2 Å². The van der Waals surface area contributed by atoms with E-state index in [1.807, 2.05) is 0 Å². The molecule has 122 valence electrons. The zero-order valence-electron chi connectivity index (χ0n) is 12.5. The summed E-state index contributed by atoms with van der Waals surface area (Å²) in [5.41, 5.74) is 0.581. The summed E-state index contributed by atoms with van der Waals surface area (Å²) >= 11 is 11.8. The van der Waals surface area contributed by atoms with Crippen molar-refractivity contribution in [1.29, 1.82) is 0 Å². The van der Waals surface area contributed by atoms with Gasteiger partial charge in [0.2, 0.25) is 0 Å². The Labute approximate surface area is 144 Å². The summed E-state index contributed by atoms with van der Waals surface area (Å²) < 4.78 is 2.10. The Balaban J connectivity index is 1.59. The largest absolute Gasteiger partial charge is 0.331 e. The molecule has 2 amide bonds. The first kappa shape index (κ1) is 16.1. The molecule has 1 aliphatic heterocycles. The molecule has 0 saturated heterocycles. The Bertz CT molecular complexity index is 716. The smallest absolute Gasteiger partial charge is 0.319 e. The number of aryl methyl sites for hydroxylation is 1. The first-order valence-electron chi connectivity index (χ1n) is 7.54. The first-order chi connectivity index (χ1) is 11.1. The van der Waals surface area contributed by atoms with Crippen molar-refractivity contribution in [2.45, 2.75) is 38.8 Å². The van der Waals surface area contributed by atoms with E-state index < -0.39 is 0 Å². The molecule has 0 spiro atoms. The van der Waals surface area contributed by atoms with Crippen LogP contribution in [0.4, 0.5) is 10.5 Å². The highest BCUT2D eigenvalue weighted by molar-refractivity contribution is 6.42. The predicted octanol–water partition coefficient (Wildman–Crippen LogP) is 3.63. The number of benzene rings is 1. The van der Waals surface area contributed by atoms with Crippen LogP contribution in [-0.4, -0.2) is 20.8 Å². The third-order valence-corrected chi connectivity index (χ3v) is 4.51. The van der Waals surface area contributed by atoms with E-state index in [4.69, 9.17) is 23.2 Å². The van der Waals surface area contributed by atoms with Gasteiger partial charge in [-0.2, -0.15) is 0 Å². The number of carbonyl (C=O) groups excluding carboxylic acids is 1. The Hall–Kier alpha value is -1.79. The van der Waals surface area contributed by atoms with Crippen molar-refractivity contribution < 1.29 is 4.79 Å². The van der Waals surface area contributed by atoms with Crippen LogP contribution < -0.4 is 10.6 Å². The standard InChI is InChI=1S/C15H17Cl2N5O/c16-11-6-5-10(8-12(11)17)19-15(23)18-9-14-21-20-13-4-2-1-3-7-22(13)14/h5-6,8H,1-4,7,9H2,(H2,18,19,23). The molecule has 1 aromatic heterocycles. The number of urea groups is 1. The number of nitrogens with one attached hydrogen (secondary N) is 2. The molecule has 0 fully saturated rings. The molecule has 0 saturated carbocycles. The van der Waals surface area contributed by atoms with Crippen molar-refractivity contribution in [3.63, 3.8) is 0 Å². The SMILES string of the molecule is O=C(NCc1nnc2n1CCCCC2)Nc1ccc(Cl)c(Cl)c1. The van der Waals surface area contributed by atoms with Gasteiger partial charge >= 0.3 is 6.03 Å². The third kappa shape index (κ3) is 3.95. The van der Waals surface area contributed by atoms with Gasteiger partial charge in [-0.3, -0.25) is 0 Å². The maximum Gasteiger partial charge on any atom is 0.319 e. The zero-order valence-corrected chi connectivity index (χ0v) is 14.0. The highest BCUT2D eigenvalue weighted by atomic mass is 35.5. The van der Waals surface area contributed by atoms with E-state index in [9.17, 15) is 4.79 Å². The summed E-state index contributed by atoms with van der Waals surface area (Å²) in [4.78, 5) is 12.0. The highest BCUT2D eigenvalue weighted by Gasteiger charge is 2.15. The molecule has 0 aliphatic carbocycles. The topological polar surface area (TPSA) is 71.8 Å². The van der Waals surface area contributed by atoms with E-state index in [0.717, 1.165) is 37.5 Å². The molecule has 2 heterocycles. The van der Waals surface area contributed by atoms with Gasteiger partial charge in [-0.15, -0.1) is 10.2 Å². The summed E-state index contributed by atoms with van der Waals surface area (Å²) in [6.45, 7) is 1.24. The molecule has 23 heavy (non-hydrogen) atoms. The second-order valence-corrected chi connectivity index (χ2v) is 6.25. The van der Waals surface area contributed by atoms with Crippen LogP contribution in [0.25, 0.3) is 0 Å². The number of halogens is 2. The van der Waals surface area contributed by atoms with Gasteiger partial charge in [0.15, 0.2) is 5.82 Å². The van der Waals surface area contributed by atoms with Crippen LogP contribution in [0.15, 0.2) is 18.2 Å². The van der Waals surface area contributed by atoms with Gasteiger partial charge in [-0.05, 0) is 31.0 Å². The minimum Gasteiger partial charge on any atom is -0.331 e. The maximum absolute atomic E-state index is 12.0. The van der Waals surface area contributed by atoms with Gasteiger partial charge in [0.05, 0.1) is 16.6 Å². The summed E-state index contributed by atoms with van der Waals surface area (Å²) in [6.07, 6.45) is 4.41. The lowest BCUT2D eigenvalue weighted by Gasteiger charge is -2.10. The van der Waals surface area contributed by atoms with Gasteiger partial charge in [0, 0.05) is 18.7 Å². The van der Waals surface area contributed by atoms with Gasteiger partial charge in [-0.25, -0.2) is 4.79 Å². The first-order valence-corrected chi connectivity index (χ1v) is 8.30. The molecule has 0 radical (unpaired) electrons. The fourth-order valence-electron chi connectivity index (χ4n) is 2.58. The van der Waals surface area contributed by atoms with E-state index in [1.165, 1.54) is 6.42 Å². The number of amides is 2. The normalized spacial score (nSPS) is 14.0. The summed E-state index contributed by atoms with van der Waals surface area (Å²) in [5.74, 6) is 1.79. The molecule has 0 unspecified atom stereocenters. The minimum absolute atomic E-state index is 0.325. The third-order valence-electron chi connectivity index (χ3n) is 3.77. The molecule has 0 atom stereocenters. The molecule has 3 rings (SSSR count). The summed E-state index contributed by atoms with van der Waals surface area (Å²) in [7, 11) is 0. The average Bonchev–Trinajstić information content (AvgIpc) is 2.76. The van der Waals surface area contributed by atoms with E-state index in [2.05, 4.69) is 25.4 Å². The van der Waals surface area contributed by atoms with Crippen molar-refractivity contribution in [3.8, 4) is 0 Å². The molecular formula is C15H17Cl2N5O. The number of hydrogen-bond donors (Lipinski definition) is 2. The molecule has 0 bridgehead atoms. The van der Waals surface area contributed by atoms with Crippen LogP contribution in [0, 0.1) is 0 Å². The van der Waals surface area contributed by atoms with Crippen LogP contribution in [0.5, 0.6) is 0 Å². The molecule has 2 N–H and O–H groups in total. The number of fused-ring (bicyclic) bond motifs is 1. The number of hydrogen-bond acceptors (Lipinski definition) is 3. The number of carbonyl (C=O) groups is 1. The van der Waals surface area contributed by atoms with Gasteiger partial charge in [0.25, 0.3) is 0 Å². The monoisotopic (exact) mass is 353 g/mol. The van der Waals surface area contributed by atoms with Gasteiger partial charge in [-0.1, -0.05) is 29.6 Å². The maximum atomic E-state index is 12.0. The van der Waals surface area contributed by atoms with Crippen LogP contribution in [0.2, 0.25) is 10.0 Å². The lowest BCUT2D eigenvalue weighted by atomic mass is 10.2. The average molecular weight is 354 g/mol. The fraction of sp³-hybridized carbons (Fsp3) is 0.400. The van der Waals surface area contributed by atoms with Gasteiger partial charge in [0.1, 0.15) is 5.82 Å². The number of aromatic nitrogens is 3. The second-order valence-electron chi connectivity index (χ2n) is 5.43. The number of rotatable bonds is 3. The Morgan fingerprint density at radius 2 is 2.04 bits per heavy atom. The van der Waals surface area contributed by atoms with Crippen LogP contribution >= 0.6 is 23.2 Å². The molecule has 8 heteroatoms. The number of nitrogens with zero attached hydrogens (tertiary/aromatic N) is 3. The van der Waals surface area contributed by atoms with Crippen molar-refractivity contribution in [3.05, 3.63) is 39.9 Å². The van der Waals surface area contributed by atoms with Crippen LogP contribution in [0.3, 0.4) is 0 Å². The highest BCUT2D eigenvalue weighted by Crippen LogP contribution is 2.24. The van der Waals surface area contributed by atoms with E-state index >= 15 is 0 Å². The second kappa shape index (κ2) is 7.19. The Kier molecular flexibility index (Phi) is 5.03. The zero-order chi connectivity index (χ0) is 16.2. The molecule has 1 aromatic carbocycles. The van der Waals surface area contributed by atoms with Crippen molar-refractivity contribution in [2.75, 3.05) is 5.32 Å². The number of anilines is 1. The molecular weight excluding hydrogens is 337 g/mol. The minimum atomic E-state index is -0.325. The van der Waals surface area contributed by atoms with E-state index in [-0.39, 0.29) is 6.03 Å². The lowest BCUT2D eigenvalue weighted by molar-refractivity contribution is 0.251. The summed E-state index contributed by atoms with van der Waals surface area (Å²) in [5, 5.41) is 14.7. The molecule has 6 nitrogen and oxygen atoms in total. The Morgan fingerprint density at radius 3 is 2.87 bits per heavy atom. The van der Waals surface area contributed by atoms with Crippen LogP contribution in [0.1, 0.15) is 30.9 Å². The quantitative estimate of drug-likeness (QED) is 0.884. The predicted molar refractivity (Wildman–Crippen MR) is 89.9 cm³/mol. The molecule has 1 aliphatic rings. The lowest BCUT2D eigenvalue weighted by Crippen LogP contribution is -2.29. The van der Waals surface area contributed by atoms with Crippen LogP contribution in [-0.2, 0) is 19.5 Å². The fourth-order valence-corrected chi connectivity index (χ4v) is 2.88. The molecule has 2 aromatic rings. The van der Waals surface area contributed by atoms with E-state index in [0.29, 0.717) is 22.3 Å². The van der Waals surface area contributed by atoms with Crippen molar-refractivity contribution in [2.24, 2.45) is 0 Å². The van der Waals surface area contributed by atoms with Crippen molar-refractivity contribution >= 4 is 34.9 Å². The van der Waals surface area contributed by atoms with Gasteiger partial charge < -0.3 is 15.2 Å².